The molecule has 0 atom stereocenters. The number of nitrogens with one attached hydrogen (secondary N) is 1. The van der Waals surface area contributed by atoms with Crippen molar-refractivity contribution in [3.8, 4) is 0 Å². The number of benzene rings is 1. The average molecular weight is 358 g/mol. The molecule has 0 saturated carbocycles. The minimum atomic E-state index is -4.92. The Labute approximate surface area is 129 Å². The molecule has 0 aliphatic rings. The zero-order chi connectivity index (χ0) is 17.4. The SMILES string of the molecule is O=C(Nc1cc(C(F)(F)F)ccc1Cl)c1ccoc1C(F)(F)F. The smallest absolute Gasteiger partial charge is 0.450 e. The van der Waals surface area contributed by atoms with Crippen molar-refractivity contribution in [2.75, 3.05) is 5.32 Å². The predicted octanol–water partition coefficient (Wildman–Crippen LogP) is 5.22. The van der Waals surface area contributed by atoms with Crippen LogP contribution in [0.4, 0.5) is 32.0 Å². The Kier molecular flexibility index (Phi) is 4.34. The highest BCUT2D eigenvalue weighted by Crippen LogP contribution is 2.35. The highest BCUT2D eigenvalue weighted by atomic mass is 35.5. The van der Waals surface area contributed by atoms with Crippen LogP contribution < -0.4 is 5.32 Å². The van der Waals surface area contributed by atoms with Crippen LogP contribution in [-0.4, -0.2) is 5.91 Å². The summed E-state index contributed by atoms with van der Waals surface area (Å²) < 4.78 is 79.9. The quantitative estimate of drug-likeness (QED) is 0.748. The molecule has 0 aliphatic carbocycles. The first kappa shape index (κ1) is 17.2. The largest absolute Gasteiger partial charge is 0.459 e. The summed E-state index contributed by atoms with van der Waals surface area (Å²) in [6.45, 7) is 0. The lowest BCUT2D eigenvalue weighted by Gasteiger charge is -2.12. The molecular formula is C13H6ClF6NO2. The molecule has 2 aromatic rings. The highest BCUT2D eigenvalue weighted by molar-refractivity contribution is 6.34. The minimum Gasteiger partial charge on any atom is -0.459 e. The van der Waals surface area contributed by atoms with E-state index < -0.39 is 40.8 Å². The van der Waals surface area contributed by atoms with E-state index >= 15 is 0 Å². The third-order valence-corrected chi connectivity index (χ3v) is 3.04. The molecule has 1 N–H and O–H groups in total. The number of carbonyl (C=O) groups excluding carboxylic acids is 1. The van der Waals surface area contributed by atoms with Crippen LogP contribution in [0.1, 0.15) is 21.7 Å². The van der Waals surface area contributed by atoms with Crippen molar-refractivity contribution in [3.63, 3.8) is 0 Å². The number of hydrogen-bond acceptors (Lipinski definition) is 2. The summed E-state index contributed by atoms with van der Waals surface area (Å²) in [5.41, 5.74) is -2.45. The Balaban J connectivity index is 2.33. The van der Waals surface area contributed by atoms with Crippen molar-refractivity contribution < 1.29 is 35.6 Å². The monoisotopic (exact) mass is 357 g/mol. The predicted molar refractivity (Wildman–Crippen MR) is 68.1 cm³/mol. The van der Waals surface area contributed by atoms with Gasteiger partial charge in [-0.3, -0.25) is 4.79 Å². The van der Waals surface area contributed by atoms with Gasteiger partial charge >= 0.3 is 12.4 Å². The fourth-order valence-corrected chi connectivity index (χ4v) is 1.86. The molecule has 23 heavy (non-hydrogen) atoms. The number of carbonyl (C=O) groups is 1. The summed E-state index contributed by atoms with van der Waals surface area (Å²) in [5, 5.41) is 1.65. The molecule has 0 fully saturated rings. The van der Waals surface area contributed by atoms with Gasteiger partial charge in [-0.15, -0.1) is 0 Å². The van der Waals surface area contributed by atoms with Crippen LogP contribution >= 0.6 is 11.6 Å². The summed E-state index contributed by atoms with van der Waals surface area (Å²) in [6.07, 6.45) is -8.98. The van der Waals surface area contributed by atoms with E-state index in [-0.39, 0.29) is 5.02 Å². The molecule has 0 aliphatic heterocycles. The molecule has 1 heterocycles. The van der Waals surface area contributed by atoms with Crippen LogP contribution in [-0.2, 0) is 12.4 Å². The van der Waals surface area contributed by atoms with Crippen molar-refractivity contribution in [3.05, 3.63) is 52.4 Å². The Hall–Kier alpha value is -2.16. The molecule has 0 bridgehead atoms. The first-order valence-corrected chi connectivity index (χ1v) is 6.20. The van der Waals surface area contributed by atoms with Gasteiger partial charge in [0.25, 0.3) is 5.91 Å². The van der Waals surface area contributed by atoms with E-state index in [4.69, 9.17) is 11.6 Å². The van der Waals surface area contributed by atoms with Gasteiger partial charge < -0.3 is 9.73 Å². The first-order chi connectivity index (χ1) is 10.5. The molecular weight excluding hydrogens is 352 g/mol. The Morgan fingerprint density at radius 3 is 2.26 bits per heavy atom. The Morgan fingerprint density at radius 1 is 1.04 bits per heavy atom. The van der Waals surface area contributed by atoms with Gasteiger partial charge in [-0.05, 0) is 24.3 Å². The number of amides is 1. The van der Waals surface area contributed by atoms with Crippen molar-refractivity contribution in [1.82, 2.24) is 0 Å². The van der Waals surface area contributed by atoms with E-state index in [1.165, 1.54) is 0 Å². The molecule has 1 aromatic heterocycles. The van der Waals surface area contributed by atoms with Gasteiger partial charge in [0, 0.05) is 0 Å². The van der Waals surface area contributed by atoms with E-state index in [9.17, 15) is 31.1 Å². The lowest BCUT2D eigenvalue weighted by molar-refractivity contribution is -0.153. The summed E-state index contributed by atoms with van der Waals surface area (Å²) in [6, 6.07) is 2.82. The highest BCUT2D eigenvalue weighted by Gasteiger charge is 2.39. The van der Waals surface area contributed by atoms with E-state index in [0.29, 0.717) is 18.4 Å². The molecule has 0 spiro atoms. The van der Waals surface area contributed by atoms with Crippen LogP contribution in [0.3, 0.4) is 0 Å². The number of halogens is 7. The van der Waals surface area contributed by atoms with Crippen molar-refractivity contribution in [2.45, 2.75) is 12.4 Å². The van der Waals surface area contributed by atoms with Crippen LogP contribution in [0.5, 0.6) is 0 Å². The van der Waals surface area contributed by atoms with Crippen LogP contribution in [0, 0.1) is 0 Å². The zero-order valence-electron chi connectivity index (χ0n) is 10.8. The molecule has 3 nitrogen and oxygen atoms in total. The fraction of sp³-hybridized carbons (Fsp3) is 0.154. The number of rotatable bonds is 2. The Morgan fingerprint density at radius 2 is 1.70 bits per heavy atom. The summed E-state index contributed by atoms with van der Waals surface area (Å²) in [4.78, 5) is 11.8. The van der Waals surface area contributed by atoms with Crippen molar-refractivity contribution >= 4 is 23.2 Å². The topological polar surface area (TPSA) is 42.2 Å². The molecule has 0 radical (unpaired) electrons. The van der Waals surface area contributed by atoms with Crippen molar-refractivity contribution in [1.29, 1.82) is 0 Å². The maximum atomic E-state index is 12.6. The third kappa shape index (κ3) is 3.79. The number of anilines is 1. The van der Waals surface area contributed by atoms with Crippen LogP contribution in [0.15, 0.2) is 34.9 Å². The lowest BCUT2D eigenvalue weighted by Crippen LogP contribution is -2.17. The maximum absolute atomic E-state index is 12.6. The van der Waals surface area contributed by atoms with E-state index in [1.54, 1.807) is 0 Å². The van der Waals surface area contributed by atoms with E-state index in [1.807, 2.05) is 5.32 Å². The molecule has 1 aromatic carbocycles. The standard InChI is InChI=1S/C13H6ClF6NO2/c14-8-2-1-6(12(15,16)17)5-9(8)21-11(22)7-3-4-23-10(7)13(18,19)20/h1-5H,(H,21,22). The second-order valence-corrected chi connectivity index (χ2v) is 4.71. The zero-order valence-corrected chi connectivity index (χ0v) is 11.6. The normalized spacial score (nSPS) is 12.3. The molecule has 0 saturated heterocycles. The van der Waals surface area contributed by atoms with Crippen LogP contribution in [0.25, 0.3) is 0 Å². The second-order valence-electron chi connectivity index (χ2n) is 4.31. The van der Waals surface area contributed by atoms with E-state index in [0.717, 1.165) is 12.1 Å². The molecule has 2 rings (SSSR count). The molecule has 124 valence electrons. The van der Waals surface area contributed by atoms with Crippen LogP contribution in [0.2, 0.25) is 5.02 Å². The van der Waals surface area contributed by atoms with Gasteiger partial charge in [0.2, 0.25) is 5.76 Å². The van der Waals surface area contributed by atoms with Gasteiger partial charge in [-0.2, -0.15) is 26.3 Å². The minimum absolute atomic E-state index is 0.261. The van der Waals surface area contributed by atoms with Gasteiger partial charge in [0.05, 0.1) is 28.1 Å². The molecule has 10 heteroatoms. The summed E-state index contributed by atoms with van der Waals surface area (Å²) in [7, 11) is 0. The number of hydrogen-bond donors (Lipinski definition) is 1. The van der Waals surface area contributed by atoms with Crippen molar-refractivity contribution in [2.24, 2.45) is 0 Å². The van der Waals surface area contributed by atoms with Gasteiger partial charge in [-0.1, -0.05) is 11.6 Å². The fourth-order valence-electron chi connectivity index (χ4n) is 1.69. The van der Waals surface area contributed by atoms with E-state index in [2.05, 4.69) is 4.42 Å². The second kappa shape index (κ2) is 5.80. The Bertz CT molecular complexity index is 735. The first-order valence-electron chi connectivity index (χ1n) is 5.83. The summed E-state index contributed by atoms with van der Waals surface area (Å²) >= 11 is 5.65. The lowest BCUT2D eigenvalue weighted by atomic mass is 10.1. The van der Waals surface area contributed by atoms with Gasteiger partial charge in [-0.25, -0.2) is 0 Å². The molecule has 1 amide bonds. The van der Waals surface area contributed by atoms with Gasteiger partial charge in [0.1, 0.15) is 0 Å². The average Bonchev–Trinajstić information content (AvgIpc) is 2.89. The summed E-state index contributed by atoms with van der Waals surface area (Å²) in [5.74, 6) is -2.86. The van der Waals surface area contributed by atoms with Gasteiger partial charge in [0.15, 0.2) is 0 Å². The number of furan rings is 1. The number of alkyl halides is 6. The third-order valence-electron chi connectivity index (χ3n) is 2.71. The maximum Gasteiger partial charge on any atom is 0.450 e. The molecule has 0 unspecified atom stereocenters.